The molecule has 216 valence electrons. The summed E-state index contributed by atoms with van der Waals surface area (Å²) in [6.45, 7) is 25.3. The summed E-state index contributed by atoms with van der Waals surface area (Å²) in [5, 5.41) is 14.2. The molecule has 0 fully saturated rings. The van der Waals surface area contributed by atoms with Gasteiger partial charge in [0, 0.05) is 36.0 Å². The molecule has 6 heteroatoms. The number of hydrogen-bond acceptors (Lipinski definition) is 6. The lowest BCUT2D eigenvalue weighted by molar-refractivity contribution is 0.0987. The quantitative estimate of drug-likeness (QED) is 0.180. The number of hydrogen-bond donors (Lipinski definition) is 2. The number of allylic oxidation sites excluding steroid dienone is 1. The van der Waals surface area contributed by atoms with Gasteiger partial charge in [0.2, 0.25) is 5.90 Å². The highest BCUT2D eigenvalue weighted by atomic mass is 16.5. The van der Waals surface area contributed by atoms with E-state index in [0.717, 1.165) is 47.4 Å². The molecule has 0 amide bonds. The van der Waals surface area contributed by atoms with E-state index in [1.54, 1.807) is 20.9 Å². The van der Waals surface area contributed by atoms with E-state index in [4.69, 9.17) is 20.3 Å². The molecular formula is C32H55N3O3. The maximum Gasteiger partial charge on any atom is 0.211 e. The number of aliphatic imine (C=N–C) groups is 1. The molecule has 0 heterocycles. The molecule has 0 saturated carbocycles. The lowest BCUT2D eigenvalue weighted by atomic mass is 9.81. The predicted octanol–water partition coefficient (Wildman–Crippen LogP) is 8.79. The highest BCUT2D eigenvalue weighted by Gasteiger charge is 2.22. The van der Waals surface area contributed by atoms with Gasteiger partial charge in [-0.2, -0.15) is 0 Å². The van der Waals surface area contributed by atoms with Crippen molar-refractivity contribution in [2.45, 2.75) is 114 Å². The van der Waals surface area contributed by atoms with Crippen LogP contribution in [0.1, 0.15) is 124 Å². The van der Waals surface area contributed by atoms with E-state index >= 15 is 0 Å². The molecule has 0 aliphatic rings. The van der Waals surface area contributed by atoms with Crippen molar-refractivity contribution in [1.82, 2.24) is 0 Å². The summed E-state index contributed by atoms with van der Waals surface area (Å²) >= 11 is 0. The molecule has 1 aromatic rings. The third-order valence-electron chi connectivity index (χ3n) is 5.94. The van der Waals surface area contributed by atoms with Crippen LogP contribution in [0.4, 0.5) is 0 Å². The van der Waals surface area contributed by atoms with Crippen LogP contribution in [0.3, 0.4) is 0 Å². The van der Waals surface area contributed by atoms with E-state index in [1.165, 1.54) is 11.1 Å². The van der Waals surface area contributed by atoms with Crippen LogP contribution < -0.4 is 4.74 Å². The fourth-order valence-corrected chi connectivity index (χ4v) is 3.30. The molecule has 0 aliphatic heterocycles. The normalized spacial score (nSPS) is 11.8. The number of nitrogens with zero attached hydrogens (tertiary/aromatic N) is 1. The van der Waals surface area contributed by atoms with Crippen molar-refractivity contribution in [1.29, 1.82) is 10.8 Å². The Bertz CT molecular complexity index is 967. The first kappa shape index (κ1) is 37.4. The van der Waals surface area contributed by atoms with Crippen LogP contribution in [-0.4, -0.2) is 43.4 Å². The van der Waals surface area contributed by atoms with E-state index in [1.807, 2.05) is 40.7 Å². The van der Waals surface area contributed by atoms with Crippen molar-refractivity contribution in [2.24, 2.45) is 4.99 Å². The molecular weight excluding hydrogens is 474 g/mol. The molecule has 0 spiro atoms. The summed E-state index contributed by atoms with van der Waals surface area (Å²) in [6, 6.07) is 3.99. The van der Waals surface area contributed by atoms with E-state index in [0.29, 0.717) is 31.2 Å². The summed E-state index contributed by atoms with van der Waals surface area (Å²) in [5.41, 5.74) is 6.43. The average molecular weight is 530 g/mol. The SMILES string of the molecule is CCC(C)=N.CCCOc1cc(C(=O)CC)cc(C(C)(C)C)c1CC.CCOC(=NC)/C(C)=C(/C)C(C)=N. The maximum absolute atomic E-state index is 12.1. The number of Topliss-reactive ketones (excluding diaryl/α,β-unsaturated/α-hetero) is 1. The average Bonchev–Trinajstić information content (AvgIpc) is 2.88. The van der Waals surface area contributed by atoms with Crippen molar-refractivity contribution in [3.63, 3.8) is 0 Å². The highest BCUT2D eigenvalue weighted by Crippen LogP contribution is 2.34. The van der Waals surface area contributed by atoms with Crippen LogP contribution in [-0.2, 0) is 16.6 Å². The Morgan fingerprint density at radius 3 is 1.82 bits per heavy atom. The molecule has 1 aromatic carbocycles. The van der Waals surface area contributed by atoms with Crippen molar-refractivity contribution < 1.29 is 14.3 Å². The molecule has 0 bridgehead atoms. The lowest BCUT2D eigenvalue weighted by Gasteiger charge is -2.25. The smallest absolute Gasteiger partial charge is 0.211 e. The van der Waals surface area contributed by atoms with E-state index in [9.17, 15) is 4.79 Å². The number of ketones is 1. The number of benzene rings is 1. The zero-order chi connectivity index (χ0) is 30.1. The number of carbonyl (C=O) groups excluding carboxylic acids is 1. The summed E-state index contributed by atoms with van der Waals surface area (Å²) in [6.07, 6.45) is 3.31. The number of carbonyl (C=O) groups is 1. The molecule has 0 radical (unpaired) electrons. The van der Waals surface area contributed by atoms with Gasteiger partial charge in [0.1, 0.15) is 5.75 Å². The standard InChI is InChI=1S/C18H28O2.C10H18N2O.C4H9N/c1-7-10-20-17-12-13(16(19)9-3)11-15(14(17)8-2)18(4,5)6;1-6-13-10(12-5)8(3)7(2)9(4)11;1-3-4(2)5/h11-12H,7-10H2,1-6H3;11H,6H2,1-5H3;5H,3H2,1-2H3/b;8-7-,11-9?,12-10?;. The van der Waals surface area contributed by atoms with Crippen LogP contribution in [0, 0.1) is 10.8 Å². The summed E-state index contributed by atoms with van der Waals surface area (Å²) in [7, 11) is 1.70. The number of rotatable bonds is 10. The second-order valence-corrected chi connectivity index (χ2v) is 10.2. The third kappa shape index (κ3) is 13.7. The first-order valence-corrected chi connectivity index (χ1v) is 13.9. The van der Waals surface area contributed by atoms with Gasteiger partial charge in [-0.15, -0.1) is 0 Å². The van der Waals surface area contributed by atoms with Gasteiger partial charge in [-0.1, -0.05) is 48.5 Å². The Hall–Kier alpha value is -2.76. The molecule has 2 N–H and O–H groups in total. The van der Waals surface area contributed by atoms with Crippen LogP contribution >= 0.6 is 0 Å². The highest BCUT2D eigenvalue weighted by molar-refractivity contribution is 6.05. The van der Waals surface area contributed by atoms with Crippen molar-refractivity contribution in [3.05, 3.63) is 40.0 Å². The first-order chi connectivity index (χ1) is 17.7. The minimum Gasteiger partial charge on any atom is -0.493 e. The van der Waals surface area contributed by atoms with E-state index in [-0.39, 0.29) is 11.2 Å². The van der Waals surface area contributed by atoms with Crippen molar-refractivity contribution >= 4 is 23.1 Å². The topological polar surface area (TPSA) is 95.6 Å². The molecule has 0 aliphatic carbocycles. The monoisotopic (exact) mass is 529 g/mol. The second kappa shape index (κ2) is 19.3. The number of nitrogens with one attached hydrogen (secondary N) is 2. The fourth-order valence-electron chi connectivity index (χ4n) is 3.30. The Morgan fingerprint density at radius 2 is 1.47 bits per heavy atom. The minimum atomic E-state index is 0.0136. The van der Waals surface area contributed by atoms with Crippen molar-refractivity contribution in [3.8, 4) is 5.75 Å². The molecule has 6 nitrogen and oxygen atoms in total. The summed E-state index contributed by atoms with van der Waals surface area (Å²) in [4.78, 5) is 16.1. The fraction of sp³-hybridized carbons (Fsp3) is 0.625. The predicted molar refractivity (Wildman–Crippen MR) is 165 cm³/mol. The summed E-state index contributed by atoms with van der Waals surface area (Å²) < 4.78 is 11.2. The Morgan fingerprint density at radius 1 is 0.921 bits per heavy atom. The molecule has 1 rings (SSSR count). The van der Waals surface area contributed by atoms with Crippen molar-refractivity contribution in [2.75, 3.05) is 20.3 Å². The second-order valence-electron chi connectivity index (χ2n) is 10.2. The molecule has 0 saturated heterocycles. The molecule has 0 aromatic heterocycles. The minimum absolute atomic E-state index is 0.0136. The van der Waals surface area contributed by atoms with Gasteiger partial charge < -0.3 is 20.3 Å². The molecule has 0 atom stereocenters. The zero-order valence-electron chi connectivity index (χ0n) is 26.6. The van der Waals surface area contributed by atoms with Gasteiger partial charge in [0.05, 0.1) is 13.2 Å². The Balaban J connectivity index is 0. The third-order valence-corrected chi connectivity index (χ3v) is 5.94. The van der Waals surface area contributed by atoms with Gasteiger partial charge in [-0.25, -0.2) is 0 Å². The van der Waals surface area contributed by atoms with Gasteiger partial charge >= 0.3 is 0 Å². The Kier molecular flexibility index (Phi) is 19.0. The van der Waals surface area contributed by atoms with E-state index < -0.39 is 0 Å². The lowest BCUT2D eigenvalue weighted by Crippen LogP contribution is -2.17. The molecule has 38 heavy (non-hydrogen) atoms. The van der Waals surface area contributed by atoms with Gasteiger partial charge in [0.15, 0.2) is 5.78 Å². The van der Waals surface area contributed by atoms with Gasteiger partial charge in [0.25, 0.3) is 0 Å². The largest absolute Gasteiger partial charge is 0.493 e. The van der Waals surface area contributed by atoms with Crippen LogP contribution in [0.15, 0.2) is 28.3 Å². The van der Waals surface area contributed by atoms with Gasteiger partial charge in [-0.05, 0) is 88.1 Å². The Labute approximate surface area is 233 Å². The summed E-state index contributed by atoms with van der Waals surface area (Å²) in [5.74, 6) is 1.70. The molecule has 0 unspecified atom stereocenters. The zero-order valence-corrected chi connectivity index (χ0v) is 26.6. The first-order valence-electron chi connectivity index (χ1n) is 13.9. The number of ether oxygens (including phenoxy) is 2. The van der Waals surface area contributed by atoms with Crippen LogP contribution in [0.25, 0.3) is 0 Å². The maximum atomic E-state index is 12.1. The van der Waals surface area contributed by atoms with Crippen LogP contribution in [0.2, 0.25) is 0 Å². The van der Waals surface area contributed by atoms with Gasteiger partial charge in [-0.3, -0.25) is 9.79 Å². The van der Waals surface area contributed by atoms with Crippen LogP contribution in [0.5, 0.6) is 5.75 Å². The van der Waals surface area contributed by atoms with E-state index in [2.05, 4.69) is 45.7 Å².